The lowest BCUT2D eigenvalue weighted by molar-refractivity contribution is 0.484. The predicted molar refractivity (Wildman–Crippen MR) is 63.4 cm³/mol. The molecule has 1 atom stereocenters. The molecule has 0 aromatic carbocycles. The third-order valence-corrected chi connectivity index (χ3v) is 2.91. The lowest BCUT2D eigenvalue weighted by Crippen LogP contribution is -2.49. The second-order valence-electron chi connectivity index (χ2n) is 4.27. The summed E-state index contributed by atoms with van der Waals surface area (Å²) in [4.78, 5) is 6.46. The van der Waals surface area contributed by atoms with Gasteiger partial charge in [0.1, 0.15) is 11.8 Å². The van der Waals surface area contributed by atoms with Gasteiger partial charge in [0.15, 0.2) is 0 Å². The van der Waals surface area contributed by atoms with Crippen molar-refractivity contribution in [1.82, 2.24) is 10.3 Å². The minimum absolute atomic E-state index is 0.490. The number of hydrogen-bond donors (Lipinski definition) is 1. The molecule has 2 rings (SSSR count). The molecule has 4 heteroatoms. The van der Waals surface area contributed by atoms with E-state index in [0.29, 0.717) is 11.7 Å². The van der Waals surface area contributed by atoms with Gasteiger partial charge in [-0.25, -0.2) is 4.98 Å². The Morgan fingerprint density at radius 1 is 1.62 bits per heavy atom. The first kappa shape index (κ1) is 10.9. The number of pyridine rings is 1. The molecule has 4 nitrogen and oxygen atoms in total. The molecule has 0 amide bonds. The maximum Gasteiger partial charge on any atom is 0.140 e. The Hall–Kier alpha value is -1.60. The first-order valence-electron chi connectivity index (χ1n) is 5.56. The van der Waals surface area contributed by atoms with E-state index >= 15 is 0 Å². The van der Waals surface area contributed by atoms with Gasteiger partial charge >= 0.3 is 0 Å². The normalized spacial score (nSPS) is 20.6. The average molecular weight is 216 g/mol. The molecule has 1 aliphatic heterocycles. The summed E-state index contributed by atoms with van der Waals surface area (Å²) in [6.45, 7) is 7.21. The van der Waals surface area contributed by atoms with E-state index in [1.807, 2.05) is 19.2 Å². The summed E-state index contributed by atoms with van der Waals surface area (Å²) in [5.41, 5.74) is 2.76. The molecule has 0 radical (unpaired) electrons. The van der Waals surface area contributed by atoms with E-state index in [-0.39, 0.29) is 0 Å². The smallest absolute Gasteiger partial charge is 0.140 e. The van der Waals surface area contributed by atoms with Crippen LogP contribution in [0, 0.1) is 18.3 Å². The van der Waals surface area contributed by atoms with Gasteiger partial charge in [0.2, 0.25) is 0 Å². The fourth-order valence-corrected chi connectivity index (χ4v) is 2.09. The molecule has 1 fully saturated rings. The number of piperazine rings is 1. The molecule has 0 saturated carbocycles. The van der Waals surface area contributed by atoms with Crippen LogP contribution in [-0.2, 0) is 0 Å². The Kier molecular flexibility index (Phi) is 3.07. The molecular weight excluding hydrogens is 200 g/mol. The molecule has 2 heterocycles. The van der Waals surface area contributed by atoms with E-state index in [1.54, 1.807) is 0 Å². The van der Waals surface area contributed by atoms with Gasteiger partial charge in [0.05, 0.1) is 11.9 Å². The van der Waals surface area contributed by atoms with Crippen LogP contribution < -0.4 is 10.2 Å². The summed E-state index contributed by atoms with van der Waals surface area (Å²) < 4.78 is 0. The van der Waals surface area contributed by atoms with Crippen LogP contribution in [0.4, 0.5) is 5.69 Å². The summed E-state index contributed by atoms with van der Waals surface area (Å²) in [7, 11) is 0. The molecule has 0 unspecified atom stereocenters. The molecular formula is C12H16N4. The van der Waals surface area contributed by atoms with Crippen LogP contribution in [0.15, 0.2) is 12.3 Å². The minimum Gasteiger partial charge on any atom is -0.367 e. The summed E-state index contributed by atoms with van der Waals surface area (Å²) in [6, 6.07) is 4.42. The van der Waals surface area contributed by atoms with Gasteiger partial charge in [-0.2, -0.15) is 5.26 Å². The second-order valence-corrected chi connectivity index (χ2v) is 4.27. The van der Waals surface area contributed by atoms with Crippen LogP contribution in [0.2, 0.25) is 0 Å². The first-order chi connectivity index (χ1) is 7.70. The zero-order valence-corrected chi connectivity index (χ0v) is 9.70. The first-order valence-corrected chi connectivity index (χ1v) is 5.56. The van der Waals surface area contributed by atoms with Gasteiger partial charge in [-0.05, 0) is 25.5 Å². The highest BCUT2D eigenvalue weighted by Gasteiger charge is 2.17. The number of nitrogens with one attached hydrogen (secondary N) is 1. The highest BCUT2D eigenvalue weighted by molar-refractivity contribution is 5.53. The quantitative estimate of drug-likeness (QED) is 0.762. The van der Waals surface area contributed by atoms with Crippen molar-refractivity contribution >= 4 is 5.69 Å². The summed E-state index contributed by atoms with van der Waals surface area (Å²) in [5, 5.41) is 12.2. The van der Waals surface area contributed by atoms with Crippen molar-refractivity contribution in [3.8, 4) is 6.07 Å². The zero-order valence-electron chi connectivity index (χ0n) is 9.70. The predicted octanol–water partition coefficient (Wildman–Crippen LogP) is 1.06. The van der Waals surface area contributed by atoms with Crippen molar-refractivity contribution in [3.05, 3.63) is 23.5 Å². The molecule has 1 N–H and O–H groups in total. The number of anilines is 1. The molecule has 84 valence electrons. The molecule has 0 bridgehead atoms. The Morgan fingerprint density at radius 2 is 2.44 bits per heavy atom. The van der Waals surface area contributed by atoms with E-state index in [1.165, 1.54) is 0 Å². The Morgan fingerprint density at radius 3 is 3.06 bits per heavy atom. The number of aryl methyl sites for hydroxylation is 1. The molecule has 1 saturated heterocycles. The highest BCUT2D eigenvalue weighted by Crippen LogP contribution is 2.20. The highest BCUT2D eigenvalue weighted by atomic mass is 15.2. The lowest BCUT2D eigenvalue weighted by Gasteiger charge is -2.34. The summed E-state index contributed by atoms with van der Waals surface area (Å²) in [5.74, 6) is 0. The van der Waals surface area contributed by atoms with Crippen LogP contribution >= 0.6 is 0 Å². The van der Waals surface area contributed by atoms with E-state index in [4.69, 9.17) is 5.26 Å². The summed E-state index contributed by atoms with van der Waals surface area (Å²) in [6.07, 6.45) is 1.81. The number of hydrogen-bond acceptors (Lipinski definition) is 4. The maximum absolute atomic E-state index is 8.77. The van der Waals surface area contributed by atoms with Gasteiger partial charge in [-0.15, -0.1) is 0 Å². The fourth-order valence-electron chi connectivity index (χ4n) is 2.09. The van der Waals surface area contributed by atoms with Gasteiger partial charge in [-0.1, -0.05) is 0 Å². The van der Waals surface area contributed by atoms with Gasteiger partial charge in [-0.3, -0.25) is 0 Å². The Bertz CT molecular complexity index is 422. The van der Waals surface area contributed by atoms with E-state index in [2.05, 4.69) is 28.2 Å². The standard InChI is InChI=1S/C12H16N4/c1-9-5-11(6-13)15-7-12(9)16-4-3-14-10(2)8-16/h5,7,10,14H,3-4,8H2,1-2H3/t10-/m0/s1. The molecule has 1 aromatic rings. The number of nitrogens with zero attached hydrogens (tertiary/aromatic N) is 3. The molecule has 16 heavy (non-hydrogen) atoms. The largest absolute Gasteiger partial charge is 0.367 e. The van der Waals surface area contributed by atoms with Crippen molar-refractivity contribution in [2.75, 3.05) is 24.5 Å². The SMILES string of the molecule is Cc1cc(C#N)ncc1N1CCN[C@@H](C)C1. The molecule has 0 spiro atoms. The van der Waals surface area contributed by atoms with Crippen LogP contribution in [-0.4, -0.2) is 30.7 Å². The Labute approximate surface area is 95.9 Å². The third-order valence-electron chi connectivity index (χ3n) is 2.91. The third kappa shape index (κ3) is 2.15. The lowest BCUT2D eigenvalue weighted by atomic mass is 10.1. The number of rotatable bonds is 1. The van der Waals surface area contributed by atoms with Gasteiger partial charge < -0.3 is 10.2 Å². The van der Waals surface area contributed by atoms with E-state index in [0.717, 1.165) is 30.9 Å². The summed E-state index contributed by atoms with van der Waals surface area (Å²) >= 11 is 0. The van der Waals surface area contributed by atoms with Gasteiger partial charge in [0.25, 0.3) is 0 Å². The zero-order chi connectivity index (χ0) is 11.5. The van der Waals surface area contributed by atoms with Crippen molar-refractivity contribution in [2.45, 2.75) is 19.9 Å². The number of nitriles is 1. The monoisotopic (exact) mass is 216 g/mol. The fraction of sp³-hybridized carbons (Fsp3) is 0.500. The van der Waals surface area contributed by atoms with Crippen molar-refractivity contribution < 1.29 is 0 Å². The minimum atomic E-state index is 0.490. The average Bonchev–Trinajstić information content (AvgIpc) is 2.28. The van der Waals surface area contributed by atoms with Crippen molar-refractivity contribution in [1.29, 1.82) is 5.26 Å². The van der Waals surface area contributed by atoms with Crippen molar-refractivity contribution in [3.63, 3.8) is 0 Å². The van der Waals surface area contributed by atoms with Crippen LogP contribution in [0.3, 0.4) is 0 Å². The van der Waals surface area contributed by atoms with Crippen LogP contribution in [0.1, 0.15) is 18.2 Å². The van der Waals surface area contributed by atoms with E-state index < -0.39 is 0 Å². The maximum atomic E-state index is 8.77. The molecule has 0 aliphatic carbocycles. The van der Waals surface area contributed by atoms with Gasteiger partial charge in [0, 0.05) is 25.7 Å². The van der Waals surface area contributed by atoms with Crippen LogP contribution in [0.25, 0.3) is 0 Å². The second kappa shape index (κ2) is 4.50. The molecule has 1 aliphatic rings. The van der Waals surface area contributed by atoms with E-state index in [9.17, 15) is 0 Å². The van der Waals surface area contributed by atoms with Crippen molar-refractivity contribution in [2.24, 2.45) is 0 Å². The van der Waals surface area contributed by atoms with Crippen LogP contribution in [0.5, 0.6) is 0 Å². The molecule has 1 aromatic heterocycles. The topological polar surface area (TPSA) is 52.0 Å². The Balaban J connectivity index is 2.23. The number of aromatic nitrogens is 1.